The fraction of sp³-hybridized carbons (Fsp3) is 0.677. The summed E-state index contributed by atoms with van der Waals surface area (Å²) in [5.74, 6) is 10.5. The highest BCUT2D eigenvalue weighted by Gasteiger charge is 2.30. The van der Waals surface area contributed by atoms with Crippen molar-refractivity contribution < 1.29 is 0 Å². The van der Waals surface area contributed by atoms with Gasteiger partial charge in [0.05, 0.1) is 0 Å². The van der Waals surface area contributed by atoms with Crippen LogP contribution in [0.1, 0.15) is 115 Å². The topological polar surface area (TPSA) is 0 Å². The molecule has 1 aromatic carbocycles. The Morgan fingerprint density at radius 3 is 2.06 bits per heavy atom. The first-order valence-electron chi connectivity index (χ1n) is 13.6. The van der Waals surface area contributed by atoms with Crippen molar-refractivity contribution in [3.63, 3.8) is 0 Å². The Morgan fingerprint density at radius 2 is 1.42 bits per heavy atom. The minimum atomic E-state index is 0.757. The fourth-order valence-electron chi connectivity index (χ4n) is 5.89. The van der Waals surface area contributed by atoms with E-state index in [1.54, 1.807) is 0 Å². The van der Waals surface area contributed by atoms with Crippen molar-refractivity contribution in [2.75, 3.05) is 0 Å². The van der Waals surface area contributed by atoms with Gasteiger partial charge in [-0.05, 0) is 98.8 Å². The Hall–Kier alpha value is -1.48. The molecule has 0 saturated heterocycles. The summed E-state index contributed by atoms with van der Waals surface area (Å²) in [6, 6.07) is 8.87. The molecule has 0 atom stereocenters. The van der Waals surface area contributed by atoms with Crippen LogP contribution in [0.2, 0.25) is 0 Å². The summed E-state index contributed by atoms with van der Waals surface area (Å²) in [5.41, 5.74) is 2.59. The van der Waals surface area contributed by atoms with Gasteiger partial charge in [0, 0.05) is 5.56 Å². The zero-order chi connectivity index (χ0) is 21.7. The van der Waals surface area contributed by atoms with Crippen LogP contribution >= 0.6 is 0 Å². The van der Waals surface area contributed by atoms with Gasteiger partial charge in [-0.25, -0.2) is 0 Å². The Balaban J connectivity index is 1.35. The lowest BCUT2D eigenvalue weighted by Crippen LogP contribution is -2.25. The van der Waals surface area contributed by atoms with Gasteiger partial charge in [-0.15, -0.1) is 0 Å². The minimum Gasteiger partial charge on any atom is -0.0730 e. The molecule has 3 rings (SSSR count). The summed E-state index contributed by atoms with van der Waals surface area (Å²) in [5, 5.41) is 0. The van der Waals surface area contributed by atoms with E-state index in [0.717, 1.165) is 29.2 Å². The maximum Gasteiger partial charge on any atom is 0.0249 e. The summed E-state index contributed by atoms with van der Waals surface area (Å²) in [7, 11) is 0. The average Bonchev–Trinajstić information content (AvgIpc) is 2.82. The fourth-order valence-corrected chi connectivity index (χ4v) is 5.89. The molecule has 0 nitrogen and oxygen atoms in total. The molecule has 0 aliphatic heterocycles. The summed E-state index contributed by atoms with van der Waals surface area (Å²) in [4.78, 5) is 0. The lowest BCUT2D eigenvalue weighted by Gasteiger charge is -2.37. The molecule has 0 amide bonds. The molecule has 31 heavy (non-hydrogen) atoms. The van der Waals surface area contributed by atoms with Crippen molar-refractivity contribution in [3.8, 4) is 11.8 Å². The second-order valence-corrected chi connectivity index (χ2v) is 10.4. The zero-order valence-electron chi connectivity index (χ0n) is 20.4. The van der Waals surface area contributed by atoms with Crippen LogP contribution in [-0.4, -0.2) is 0 Å². The van der Waals surface area contributed by atoms with Gasteiger partial charge in [0.2, 0.25) is 0 Å². The van der Waals surface area contributed by atoms with E-state index >= 15 is 0 Å². The van der Waals surface area contributed by atoms with Gasteiger partial charge in [0.15, 0.2) is 0 Å². The molecule has 0 heteroatoms. The molecule has 170 valence electrons. The number of rotatable bonds is 9. The SMILES string of the molecule is CCCCCc1ccc(C#CC=C[C@H]2CC[C@H]([C@H]3CC[C@H](CCCC)CC3)CC2)cc1. The predicted octanol–water partition coefficient (Wildman–Crippen LogP) is 9.13. The van der Waals surface area contributed by atoms with E-state index in [0.29, 0.717) is 0 Å². The average molecular weight is 419 g/mol. The largest absolute Gasteiger partial charge is 0.0730 e. The lowest BCUT2D eigenvalue weighted by molar-refractivity contribution is 0.152. The van der Waals surface area contributed by atoms with E-state index in [-0.39, 0.29) is 0 Å². The highest BCUT2D eigenvalue weighted by molar-refractivity contribution is 5.38. The van der Waals surface area contributed by atoms with Crippen LogP contribution in [0.3, 0.4) is 0 Å². The van der Waals surface area contributed by atoms with Gasteiger partial charge >= 0.3 is 0 Å². The Kier molecular flexibility index (Phi) is 10.8. The standard InChI is InChI=1S/C31H46/c1-3-5-7-11-27-14-16-28(17-15-27)12-8-9-13-29-20-24-31(25-21-29)30-22-18-26(19-23-30)10-6-4-2/h9,13-17,26,29-31H,3-7,10-11,18-25H2,1-2H3/t26-,29-,30-,31-. The van der Waals surface area contributed by atoms with Gasteiger partial charge in [0.25, 0.3) is 0 Å². The van der Waals surface area contributed by atoms with Gasteiger partial charge in [-0.3, -0.25) is 0 Å². The van der Waals surface area contributed by atoms with Crippen molar-refractivity contribution >= 4 is 0 Å². The highest BCUT2D eigenvalue weighted by atomic mass is 14.4. The molecule has 0 heterocycles. The van der Waals surface area contributed by atoms with E-state index in [4.69, 9.17) is 0 Å². The number of aryl methyl sites for hydroxylation is 1. The maximum atomic E-state index is 3.32. The molecule has 0 aromatic heterocycles. The molecule has 0 N–H and O–H groups in total. The molecule has 0 unspecified atom stereocenters. The minimum absolute atomic E-state index is 0.757. The monoisotopic (exact) mass is 418 g/mol. The second kappa shape index (κ2) is 13.8. The van der Waals surface area contributed by atoms with Crippen molar-refractivity contribution in [3.05, 3.63) is 47.5 Å². The van der Waals surface area contributed by atoms with Crippen LogP contribution < -0.4 is 0 Å². The third-order valence-electron chi connectivity index (χ3n) is 8.03. The van der Waals surface area contributed by atoms with E-state index < -0.39 is 0 Å². The third-order valence-corrected chi connectivity index (χ3v) is 8.03. The summed E-state index contributed by atoms with van der Waals surface area (Å²) >= 11 is 0. The van der Waals surface area contributed by atoms with Gasteiger partial charge in [-0.2, -0.15) is 0 Å². The summed E-state index contributed by atoms with van der Waals surface area (Å²) < 4.78 is 0. The van der Waals surface area contributed by atoms with E-state index in [9.17, 15) is 0 Å². The van der Waals surface area contributed by atoms with Gasteiger partial charge < -0.3 is 0 Å². The van der Waals surface area contributed by atoms with Crippen LogP contribution in [0.15, 0.2) is 36.4 Å². The molecular weight excluding hydrogens is 372 g/mol. The molecule has 2 fully saturated rings. The molecule has 2 aliphatic rings. The van der Waals surface area contributed by atoms with Crippen molar-refractivity contribution in [2.24, 2.45) is 23.7 Å². The molecule has 0 spiro atoms. The van der Waals surface area contributed by atoms with Gasteiger partial charge in [0.1, 0.15) is 0 Å². The smallest absolute Gasteiger partial charge is 0.0249 e. The van der Waals surface area contributed by atoms with Crippen LogP contribution in [0.5, 0.6) is 0 Å². The molecular formula is C31H46. The quantitative estimate of drug-likeness (QED) is 0.277. The maximum absolute atomic E-state index is 3.32. The molecule has 0 radical (unpaired) electrons. The Bertz CT molecular complexity index is 682. The van der Waals surface area contributed by atoms with Crippen LogP contribution in [0.25, 0.3) is 0 Å². The number of unbranched alkanes of at least 4 members (excludes halogenated alkanes) is 3. The summed E-state index contributed by atoms with van der Waals surface area (Å²) in [6.45, 7) is 4.59. The van der Waals surface area contributed by atoms with E-state index in [1.165, 1.54) is 102 Å². The van der Waals surface area contributed by atoms with Crippen molar-refractivity contribution in [2.45, 2.75) is 110 Å². The third kappa shape index (κ3) is 8.52. The zero-order valence-corrected chi connectivity index (χ0v) is 20.4. The molecule has 2 saturated carbocycles. The first kappa shape index (κ1) is 24.2. The van der Waals surface area contributed by atoms with E-state index in [1.807, 2.05) is 0 Å². The molecule has 1 aromatic rings. The second-order valence-electron chi connectivity index (χ2n) is 10.4. The van der Waals surface area contributed by atoms with Crippen LogP contribution in [0.4, 0.5) is 0 Å². The Labute approximate surface area is 193 Å². The normalized spacial score (nSPS) is 26.5. The lowest BCUT2D eigenvalue weighted by atomic mass is 9.68. The number of hydrogen-bond donors (Lipinski definition) is 0. The van der Waals surface area contributed by atoms with Crippen molar-refractivity contribution in [1.29, 1.82) is 0 Å². The van der Waals surface area contributed by atoms with Crippen molar-refractivity contribution in [1.82, 2.24) is 0 Å². The first-order valence-corrected chi connectivity index (χ1v) is 13.6. The van der Waals surface area contributed by atoms with E-state index in [2.05, 4.69) is 62.1 Å². The number of hydrogen-bond acceptors (Lipinski definition) is 0. The molecule has 0 bridgehead atoms. The highest BCUT2D eigenvalue weighted by Crippen LogP contribution is 2.42. The number of benzene rings is 1. The molecule has 2 aliphatic carbocycles. The van der Waals surface area contributed by atoms with Crippen LogP contribution in [-0.2, 0) is 6.42 Å². The summed E-state index contributed by atoms with van der Waals surface area (Å²) in [6.07, 6.45) is 25.7. The van der Waals surface area contributed by atoms with Crippen LogP contribution in [0, 0.1) is 35.5 Å². The Morgan fingerprint density at radius 1 is 0.774 bits per heavy atom. The van der Waals surface area contributed by atoms with Gasteiger partial charge in [-0.1, -0.05) is 88.8 Å². The number of allylic oxidation sites excluding steroid dienone is 2. The first-order chi connectivity index (χ1) is 15.3. The predicted molar refractivity (Wildman–Crippen MR) is 136 cm³/mol.